The second-order valence-corrected chi connectivity index (χ2v) is 9.36. The highest BCUT2D eigenvalue weighted by Gasteiger charge is 2.25. The van der Waals surface area contributed by atoms with Crippen molar-refractivity contribution in [2.75, 3.05) is 31.6 Å². The second-order valence-electron chi connectivity index (χ2n) is 8.01. The molecule has 1 fully saturated rings. The van der Waals surface area contributed by atoms with Crippen LogP contribution < -0.4 is 15.5 Å². The molecule has 0 aromatic carbocycles. The molecule has 0 radical (unpaired) electrons. The number of aliphatic imine (C=N–C) groups is 1. The monoisotopic (exact) mass is 420 g/mol. The minimum atomic E-state index is 0.102. The summed E-state index contributed by atoms with van der Waals surface area (Å²) in [6, 6.07) is 4.06. The molecule has 0 saturated carbocycles. The lowest BCUT2D eigenvalue weighted by Crippen LogP contribution is -2.45. The van der Waals surface area contributed by atoms with Crippen molar-refractivity contribution in [3.05, 3.63) is 39.4 Å². The number of guanidine groups is 1. The molecule has 0 amide bonds. The van der Waals surface area contributed by atoms with Gasteiger partial charge in [-0.15, -0.1) is 11.3 Å². The van der Waals surface area contributed by atoms with Gasteiger partial charge in [0.1, 0.15) is 5.82 Å². The van der Waals surface area contributed by atoms with Gasteiger partial charge >= 0.3 is 0 Å². The van der Waals surface area contributed by atoms with Crippen LogP contribution in [-0.4, -0.2) is 48.7 Å². The molecule has 1 saturated heterocycles. The van der Waals surface area contributed by atoms with Gasteiger partial charge < -0.3 is 15.5 Å². The predicted octanol–water partition coefficient (Wildman–Crippen LogP) is 3.48. The highest BCUT2D eigenvalue weighted by molar-refractivity contribution is 7.09. The number of rotatable bonds is 5. The number of hydrogen-bond acceptors (Lipinski definition) is 5. The highest BCUT2D eigenvalue weighted by atomic mass is 35.5. The van der Waals surface area contributed by atoms with E-state index in [2.05, 4.69) is 51.7 Å². The lowest BCUT2D eigenvalue weighted by molar-refractivity contribution is 0.570. The molecule has 2 aromatic heterocycles. The summed E-state index contributed by atoms with van der Waals surface area (Å²) in [7, 11) is 1.80. The maximum absolute atomic E-state index is 6.28. The van der Waals surface area contributed by atoms with E-state index in [0.717, 1.165) is 55.0 Å². The number of nitrogens with one attached hydrogen (secondary N) is 2. The summed E-state index contributed by atoms with van der Waals surface area (Å²) in [5.74, 6) is 1.68. The van der Waals surface area contributed by atoms with Gasteiger partial charge in [0.25, 0.3) is 0 Å². The maximum Gasteiger partial charge on any atom is 0.191 e. The van der Waals surface area contributed by atoms with Gasteiger partial charge in [-0.25, -0.2) is 9.97 Å². The van der Waals surface area contributed by atoms with Crippen LogP contribution in [0.3, 0.4) is 0 Å². The Morgan fingerprint density at radius 3 is 2.93 bits per heavy atom. The molecule has 1 aliphatic heterocycles. The van der Waals surface area contributed by atoms with Crippen molar-refractivity contribution in [2.45, 2.75) is 45.1 Å². The third-order valence-electron chi connectivity index (χ3n) is 4.74. The maximum atomic E-state index is 6.28. The molecule has 0 aliphatic carbocycles. The Hall–Kier alpha value is -1.86. The summed E-state index contributed by atoms with van der Waals surface area (Å²) in [5.41, 5.74) is 1.26. The van der Waals surface area contributed by atoms with Crippen LogP contribution in [-0.2, 0) is 11.8 Å². The SMILES string of the molecule is CN=C(NCCc1nc(C(C)(C)C)cs1)NC1CCN(c2ncccc2Cl)C1. The van der Waals surface area contributed by atoms with Crippen LogP contribution in [0.25, 0.3) is 0 Å². The molecule has 0 spiro atoms. The molecule has 2 N–H and O–H groups in total. The molecule has 1 unspecified atom stereocenters. The summed E-state index contributed by atoms with van der Waals surface area (Å²) in [4.78, 5) is 15.7. The van der Waals surface area contributed by atoms with Crippen molar-refractivity contribution in [2.24, 2.45) is 4.99 Å². The Morgan fingerprint density at radius 2 is 2.25 bits per heavy atom. The van der Waals surface area contributed by atoms with E-state index in [0.29, 0.717) is 11.1 Å². The molecule has 2 aromatic rings. The number of pyridine rings is 1. The first-order chi connectivity index (χ1) is 13.4. The number of nitrogens with zero attached hydrogens (tertiary/aromatic N) is 4. The average molecular weight is 421 g/mol. The first-order valence-corrected chi connectivity index (χ1v) is 10.9. The Labute approximate surface area is 176 Å². The number of hydrogen-bond donors (Lipinski definition) is 2. The number of anilines is 1. The van der Waals surface area contributed by atoms with Gasteiger partial charge in [-0.2, -0.15) is 0 Å². The fourth-order valence-electron chi connectivity index (χ4n) is 3.13. The van der Waals surface area contributed by atoms with Crippen molar-refractivity contribution in [1.82, 2.24) is 20.6 Å². The van der Waals surface area contributed by atoms with E-state index in [4.69, 9.17) is 16.6 Å². The van der Waals surface area contributed by atoms with Crippen molar-refractivity contribution < 1.29 is 0 Å². The zero-order valence-corrected chi connectivity index (χ0v) is 18.6. The fraction of sp³-hybridized carbons (Fsp3) is 0.550. The summed E-state index contributed by atoms with van der Waals surface area (Å²) in [5, 5.41) is 10.9. The molecule has 1 aliphatic rings. The summed E-state index contributed by atoms with van der Waals surface area (Å²) < 4.78 is 0. The average Bonchev–Trinajstić information content (AvgIpc) is 3.30. The van der Waals surface area contributed by atoms with E-state index in [1.54, 1.807) is 24.6 Å². The van der Waals surface area contributed by atoms with Gasteiger partial charge in [0.05, 0.1) is 15.7 Å². The molecule has 1 atom stereocenters. The van der Waals surface area contributed by atoms with E-state index in [-0.39, 0.29) is 5.41 Å². The van der Waals surface area contributed by atoms with E-state index in [1.165, 1.54) is 0 Å². The zero-order valence-electron chi connectivity index (χ0n) is 17.0. The lowest BCUT2D eigenvalue weighted by Gasteiger charge is -2.20. The van der Waals surface area contributed by atoms with Crippen LogP contribution in [0.1, 0.15) is 37.9 Å². The summed E-state index contributed by atoms with van der Waals surface area (Å²) in [6.07, 6.45) is 3.70. The second kappa shape index (κ2) is 9.09. The van der Waals surface area contributed by atoms with Crippen molar-refractivity contribution in [1.29, 1.82) is 0 Å². The van der Waals surface area contributed by atoms with Gasteiger partial charge in [0, 0.05) is 56.1 Å². The third kappa shape index (κ3) is 5.35. The smallest absolute Gasteiger partial charge is 0.191 e. The molecule has 28 heavy (non-hydrogen) atoms. The Balaban J connectivity index is 1.46. The Bertz CT molecular complexity index is 813. The fourth-order valence-corrected chi connectivity index (χ4v) is 4.39. The molecule has 3 heterocycles. The van der Waals surface area contributed by atoms with E-state index in [1.807, 2.05) is 12.1 Å². The van der Waals surface area contributed by atoms with E-state index in [9.17, 15) is 0 Å². The first kappa shape index (κ1) is 20.9. The zero-order chi connectivity index (χ0) is 20.1. The number of halogens is 1. The van der Waals surface area contributed by atoms with Crippen LogP contribution in [0.4, 0.5) is 5.82 Å². The van der Waals surface area contributed by atoms with Crippen molar-refractivity contribution in [3.8, 4) is 0 Å². The van der Waals surface area contributed by atoms with Crippen LogP contribution in [0.2, 0.25) is 5.02 Å². The van der Waals surface area contributed by atoms with Crippen LogP contribution in [0.15, 0.2) is 28.7 Å². The van der Waals surface area contributed by atoms with Gasteiger partial charge in [-0.3, -0.25) is 4.99 Å². The van der Waals surface area contributed by atoms with Crippen molar-refractivity contribution >= 4 is 34.7 Å². The minimum absolute atomic E-state index is 0.102. The molecule has 6 nitrogen and oxygen atoms in total. The van der Waals surface area contributed by atoms with Crippen LogP contribution in [0, 0.1) is 0 Å². The quantitative estimate of drug-likeness (QED) is 0.572. The van der Waals surface area contributed by atoms with Gasteiger partial charge in [-0.05, 0) is 18.6 Å². The molecule has 152 valence electrons. The van der Waals surface area contributed by atoms with Crippen LogP contribution >= 0.6 is 22.9 Å². The summed E-state index contributed by atoms with van der Waals surface area (Å²) >= 11 is 8.01. The highest BCUT2D eigenvalue weighted by Crippen LogP contribution is 2.26. The van der Waals surface area contributed by atoms with E-state index >= 15 is 0 Å². The third-order valence-corrected chi connectivity index (χ3v) is 5.95. The molecule has 3 rings (SSSR count). The normalized spacial score (nSPS) is 17.8. The van der Waals surface area contributed by atoms with Crippen molar-refractivity contribution in [3.63, 3.8) is 0 Å². The topological polar surface area (TPSA) is 65.4 Å². The standard InChI is InChI=1S/C20H29ClN6S/c1-20(2,3)16-13-28-17(26-16)7-10-24-19(22-4)25-14-8-11-27(12-14)18-15(21)6-5-9-23-18/h5-6,9,13-14H,7-8,10-12H2,1-4H3,(H2,22,24,25). The van der Waals surface area contributed by atoms with E-state index < -0.39 is 0 Å². The van der Waals surface area contributed by atoms with Crippen LogP contribution in [0.5, 0.6) is 0 Å². The first-order valence-electron chi connectivity index (χ1n) is 9.64. The molecular formula is C20H29ClN6S. The Morgan fingerprint density at radius 1 is 1.43 bits per heavy atom. The summed E-state index contributed by atoms with van der Waals surface area (Å²) in [6.45, 7) is 9.18. The molecule has 0 bridgehead atoms. The number of thiazole rings is 1. The number of aromatic nitrogens is 2. The van der Waals surface area contributed by atoms with Gasteiger partial charge in [0.15, 0.2) is 5.96 Å². The Kier molecular flexibility index (Phi) is 6.78. The van der Waals surface area contributed by atoms with Gasteiger partial charge in [-0.1, -0.05) is 32.4 Å². The molecular weight excluding hydrogens is 392 g/mol. The molecule has 8 heteroatoms. The predicted molar refractivity (Wildman–Crippen MR) is 119 cm³/mol. The minimum Gasteiger partial charge on any atom is -0.356 e. The largest absolute Gasteiger partial charge is 0.356 e. The van der Waals surface area contributed by atoms with Gasteiger partial charge in [0.2, 0.25) is 0 Å². The lowest BCUT2D eigenvalue weighted by atomic mass is 9.93.